The summed E-state index contributed by atoms with van der Waals surface area (Å²) in [6.07, 6.45) is 11.1. The van der Waals surface area contributed by atoms with Crippen LogP contribution in [0.3, 0.4) is 0 Å². The number of ketones is 1. The van der Waals surface area contributed by atoms with Crippen molar-refractivity contribution in [1.82, 2.24) is 0 Å². The highest BCUT2D eigenvalue weighted by Gasteiger charge is 2.14. The molecule has 1 aliphatic rings. The Balaban J connectivity index is 2.02. The van der Waals surface area contributed by atoms with Crippen molar-refractivity contribution in [2.45, 2.75) is 51.9 Å². The van der Waals surface area contributed by atoms with E-state index in [4.69, 9.17) is 0 Å². The molecule has 0 unspecified atom stereocenters. The van der Waals surface area contributed by atoms with E-state index in [1.54, 1.807) is 0 Å². The third-order valence-electron chi connectivity index (χ3n) is 4.17. The largest absolute Gasteiger partial charge is 0.289 e. The van der Waals surface area contributed by atoms with Crippen molar-refractivity contribution in [1.29, 1.82) is 0 Å². The summed E-state index contributed by atoms with van der Waals surface area (Å²) in [5.41, 5.74) is 2.07. The van der Waals surface area contributed by atoms with E-state index in [9.17, 15) is 4.79 Å². The van der Waals surface area contributed by atoms with Crippen LogP contribution in [-0.2, 0) is 0 Å². The Morgan fingerprint density at radius 1 is 1.00 bits per heavy atom. The standard InChI is InChI=1S/C18H24O/c1-15(16-10-6-3-2-4-7-11-16)14-18(19)17-12-8-5-9-13-17/h5,8-9,12-14,16H,2-4,6-7,10-11H2,1H3/b15-14+. The number of rotatable bonds is 3. The minimum Gasteiger partial charge on any atom is -0.289 e. The van der Waals surface area contributed by atoms with E-state index in [1.807, 2.05) is 36.4 Å². The summed E-state index contributed by atoms with van der Waals surface area (Å²) in [5.74, 6) is 0.771. The minimum atomic E-state index is 0.153. The van der Waals surface area contributed by atoms with Crippen LogP contribution in [0.4, 0.5) is 0 Å². The van der Waals surface area contributed by atoms with Gasteiger partial charge in [-0.05, 0) is 31.8 Å². The zero-order chi connectivity index (χ0) is 13.5. The SMILES string of the molecule is C/C(=C\C(=O)c1ccccc1)C1CCCCCCC1. The third-order valence-corrected chi connectivity index (χ3v) is 4.17. The second-order valence-electron chi connectivity index (χ2n) is 5.66. The molecule has 0 atom stereocenters. The van der Waals surface area contributed by atoms with Gasteiger partial charge in [-0.25, -0.2) is 0 Å². The van der Waals surface area contributed by atoms with E-state index in [-0.39, 0.29) is 5.78 Å². The van der Waals surface area contributed by atoms with Crippen LogP contribution in [0.5, 0.6) is 0 Å². The molecule has 1 saturated carbocycles. The molecule has 1 aliphatic carbocycles. The molecule has 0 bridgehead atoms. The van der Waals surface area contributed by atoms with E-state index in [1.165, 1.54) is 50.5 Å². The Morgan fingerprint density at radius 2 is 1.58 bits per heavy atom. The molecular formula is C18H24O. The first-order chi connectivity index (χ1) is 9.27. The van der Waals surface area contributed by atoms with Gasteiger partial charge in [-0.15, -0.1) is 0 Å². The van der Waals surface area contributed by atoms with E-state index in [2.05, 4.69) is 6.92 Å². The Labute approximate surface area is 116 Å². The molecule has 1 heteroatoms. The highest BCUT2D eigenvalue weighted by atomic mass is 16.1. The Bertz CT molecular complexity index is 422. The van der Waals surface area contributed by atoms with Gasteiger partial charge in [0.2, 0.25) is 0 Å². The van der Waals surface area contributed by atoms with Gasteiger partial charge < -0.3 is 0 Å². The van der Waals surface area contributed by atoms with Gasteiger partial charge in [-0.2, -0.15) is 0 Å². The molecular weight excluding hydrogens is 232 g/mol. The maximum atomic E-state index is 12.2. The van der Waals surface area contributed by atoms with E-state index in [0.29, 0.717) is 5.92 Å². The average Bonchev–Trinajstić information content (AvgIpc) is 2.39. The second-order valence-corrected chi connectivity index (χ2v) is 5.66. The lowest BCUT2D eigenvalue weighted by atomic mass is 9.85. The van der Waals surface area contributed by atoms with Crippen LogP contribution in [0.25, 0.3) is 0 Å². The lowest BCUT2D eigenvalue weighted by molar-refractivity contribution is 0.104. The van der Waals surface area contributed by atoms with Crippen molar-refractivity contribution >= 4 is 5.78 Å². The number of benzene rings is 1. The molecule has 0 aromatic heterocycles. The van der Waals surface area contributed by atoms with Gasteiger partial charge in [0.25, 0.3) is 0 Å². The van der Waals surface area contributed by atoms with E-state index in [0.717, 1.165) is 5.56 Å². The summed E-state index contributed by atoms with van der Waals surface area (Å²) in [4.78, 5) is 12.2. The monoisotopic (exact) mass is 256 g/mol. The molecule has 0 saturated heterocycles. The number of hydrogen-bond acceptors (Lipinski definition) is 1. The van der Waals surface area contributed by atoms with Crippen LogP contribution in [0.2, 0.25) is 0 Å². The van der Waals surface area contributed by atoms with Gasteiger partial charge in [0.1, 0.15) is 0 Å². The smallest absolute Gasteiger partial charge is 0.185 e. The predicted molar refractivity (Wildman–Crippen MR) is 80.3 cm³/mol. The van der Waals surface area contributed by atoms with E-state index < -0.39 is 0 Å². The summed E-state index contributed by atoms with van der Waals surface area (Å²) in [7, 11) is 0. The molecule has 0 aliphatic heterocycles. The quantitative estimate of drug-likeness (QED) is 0.538. The zero-order valence-electron chi connectivity index (χ0n) is 11.9. The van der Waals surface area contributed by atoms with Gasteiger partial charge in [0.05, 0.1) is 0 Å². The van der Waals surface area contributed by atoms with Crippen LogP contribution in [0.1, 0.15) is 62.2 Å². The maximum absolute atomic E-state index is 12.2. The number of allylic oxidation sites excluding steroid dienone is 2. The molecule has 0 heterocycles. The molecule has 0 N–H and O–H groups in total. The molecule has 2 rings (SSSR count). The fourth-order valence-electron chi connectivity index (χ4n) is 2.92. The molecule has 1 aromatic carbocycles. The summed E-state index contributed by atoms with van der Waals surface area (Å²) < 4.78 is 0. The number of carbonyl (C=O) groups excluding carboxylic acids is 1. The van der Waals surface area contributed by atoms with Gasteiger partial charge in [0.15, 0.2) is 5.78 Å². The molecule has 1 fully saturated rings. The lowest BCUT2D eigenvalue weighted by Crippen LogP contribution is -2.07. The highest BCUT2D eigenvalue weighted by Crippen LogP contribution is 2.28. The Morgan fingerprint density at radius 3 is 2.21 bits per heavy atom. The summed E-state index contributed by atoms with van der Waals surface area (Å²) in [6, 6.07) is 9.58. The van der Waals surface area contributed by atoms with Crippen molar-refractivity contribution in [3.8, 4) is 0 Å². The molecule has 102 valence electrons. The van der Waals surface area contributed by atoms with Crippen LogP contribution < -0.4 is 0 Å². The highest BCUT2D eigenvalue weighted by molar-refractivity contribution is 6.04. The maximum Gasteiger partial charge on any atom is 0.185 e. The normalized spacial score (nSPS) is 18.7. The Kier molecular flexibility index (Phi) is 5.38. The first-order valence-corrected chi connectivity index (χ1v) is 7.55. The van der Waals surface area contributed by atoms with Crippen LogP contribution in [-0.4, -0.2) is 5.78 Å². The van der Waals surface area contributed by atoms with Gasteiger partial charge in [-0.3, -0.25) is 4.79 Å². The van der Waals surface area contributed by atoms with Crippen LogP contribution in [0.15, 0.2) is 42.0 Å². The lowest BCUT2D eigenvalue weighted by Gasteiger charge is -2.20. The minimum absolute atomic E-state index is 0.153. The summed E-state index contributed by atoms with van der Waals surface area (Å²) >= 11 is 0. The zero-order valence-corrected chi connectivity index (χ0v) is 11.9. The summed E-state index contributed by atoms with van der Waals surface area (Å²) in [6.45, 7) is 2.13. The first-order valence-electron chi connectivity index (χ1n) is 7.55. The van der Waals surface area contributed by atoms with E-state index >= 15 is 0 Å². The fraction of sp³-hybridized carbons (Fsp3) is 0.500. The van der Waals surface area contributed by atoms with Crippen molar-refractivity contribution in [3.05, 3.63) is 47.5 Å². The van der Waals surface area contributed by atoms with Crippen molar-refractivity contribution in [2.75, 3.05) is 0 Å². The molecule has 0 radical (unpaired) electrons. The summed E-state index contributed by atoms with van der Waals surface area (Å²) in [5, 5.41) is 0. The second kappa shape index (κ2) is 7.28. The van der Waals surface area contributed by atoms with Gasteiger partial charge in [-0.1, -0.05) is 68.0 Å². The van der Waals surface area contributed by atoms with Gasteiger partial charge >= 0.3 is 0 Å². The number of hydrogen-bond donors (Lipinski definition) is 0. The first kappa shape index (κ1) is 14.0. The molecule has 1 aromatic rings. The van der Waals surface area contributed by atoms with Crippen LogP contribution >= 0.6 is 0 Å². The number of carbonyl (C=O) groups is 1. The topological polar surface area (TPSA) is 17.1 Å². The van der Waals surface area contributed by atoms with Crippen molar-refractivity contribution < 1.29 is 4.79 Å². The third kappa shape index (κ3) is 4.34. The predicted octanol–water partition coefficient (Wildman–Crippen LogP) is 5.18. The fourth-order valence-corrected chi connectivity index (χ4v) is 2.92. The molecule has 1 nitrogen and oxygen atoms in total. The average molecular weight is 256 g/mol. The Hall–Kier alpha value is -1.37. The van der Waals surface area contributed by atoms with Gasteiger partial charge in [0, 0.05) is 5.56 Å². The van der Waals surface area contributed by atoms with Crippen LogP contribution in [0, 0.1) is 5.92 Å². The molecule has 0 spiro atoms. The molecule has 19 heavy (non-hydrogen) atoms. The van der Waals surface area contributed by atoms with Crippen molar-refractivity contribution in [2.24, 2.45) is 5.92 Å². The molecule has 0 amide bonds. The van der Waals surface area contributed by atoms with Crippen molar-refractivity contribution in [3.63, 3.8) is 0 Å².